The molecule has 162 valence electrons. The van der Waals surface area contributed by atoms with E-state index in [9.17, 15) is 0 Å². The normalized spacial score (nSPS) is 20.2. The first-order chi connectivity index (χ1) is 14.3. The molecule has 1 atom stereocenters. The summed E-state index contributed by atoms with van der Waals surface area (Å²) < 4.78 is 17.0. The number of aliphatic imine (C=N–C) groups is 1. The van der Waals surface area contributed by atoms with E-state index in [1.54, 1.807) is 0 Å². The molecule has 0 aromatic carbocycles. The summed E-state index contributed by atoms with van der Waals surface area (Å²) in [4.78, 5) is 9.09. The lowest BCUT2D eigenvalue weighted by Gasteiger charge is -2.13. The van der Waals surface area contributed by atoms with E-state index in [1.165, 1.54) is 12.8 Å². The summed E-state index contributed by atoms with van der Waals surface area (Å²) in [6.45, 7) is 7.61. The van der Waals surface area contributed by atoms with Gasteiger partial charge in [-0.3, -0.25) is 0 Å². The second-order valence-electron chi connectivity index (χ2n) is 7.81. The zero-order valence-corrected chi connectivity index (χ0v) is 17.7. The van der Waals surface area contributed by atoms with Gasteiger partial charge in [0.2, 0.25) is 5.88 Å². The van der Waals surface area contributed by atoms with Crippen LogP contribution in [-0.4, -0.2) is 56.6 Å². The maximum absolute atomic E-state index is 5.92. The lowest BCUT2D eigenvalue weighted by atomic mass is 10.1. The number of guanidine groups is 1. The van der Waals surface area contributed by atoms with Crippen LogP contribution in [0.4, 0.5) is 0 Å². The van der Waals surface area contributed by atoms with Gasteiger partial charge in [-0.25, -0.2) is 9.98 Å². The van der Waals surface area contributed by atoms with Crippen LogP contribution in [0, 0.1) is 5.92 Å². The summed E-state index contributed by atoms with van der Waals surface area (Å²) in [6.07, 6.45) is 9.09. The first kappa shape index (κ1) is 21.8. The average molecular weight is 405 g/mol. The van der Waals surface area contributed by atoms with Crippen molar-refractivity contribution in [3.63, 3.8) is 0 Å². The fraction of sp³-hybridized carbons (Fsp3) is 0.727. The van der Waals surface area contributed by atoms with Gasteiger partial charge in [0.25, 0.3) is 0 Å². The molecule has 7 nitrogen and oxygen atoms in total. The molecule has 0 radical (unpaired) electrons. The zero-order valence-electron chi connectivity index (χ0n) is 17.7. The Hall–Kier alpha value is -1.86. The third-order valence-electron chi connectivity index (χ3n) is 5.29. The highest BCUT2D eigenvalue weighted by Gasteiger charge is 2.17. The smallest absolute Gasteiger partial charge is 0.213 e. The van der Waals surface area contributed by atoms with E-state index >= 15 is 0 Å². The van der Waals surface area contributed by atoms with Crippen molar-refractivity contribution in [3.05, 3.63) is 23.9 Å². The number of hydrogen-bond donors (Lipinski definition) is 2. The van der Waals surface area contributed by atoms with E-state index in [0.717, 1.165) is 82.6 Å². The molecule has 2 N–H and O–H groups in total. The van der Waals surface area contributed by atoms with Gasteiger partial charge in [-0.1, -0.05) is 6.07 Å². The lowest BCUT2D eigenvalue weighted by molar-refractivity contribution is 0.0888. The Bertz CT molecular complexity index is 597. The number of pyridine rings is 1. The van der Waals surface area contributed by atoms with Gasteiger partial charge in [-0.15, -0.1) is 0 Å². The SMILES string of the molecule is CCNC(=NCc1ccc(OC2CCCC2)nc1)NCCCOCC1CCOC1. The highest BCUT2D eigenvalue weighted by molar-refractivity contribution is 5.79. The monoisotopic (exact) mass is 404 g/mol. The van der Waals surface area contributed by atoms with Crippen molar-refractivity contribution in [2.24, 2.45) is 10.9 Å². The predicted octanol–water partition coefficient (Wildman–Crippen LogP) is 2.90. The molecule has 0 amide bonds. The molecule has 1 aromatic heterocycles. The largest absolute Gasteiger partial charge is 0.474 e. The summed E-state index contributed by atoms with van der Waals surface area (Å²) in [7, 11) is 0. The molecule has 1 aliphatic heterocycles. The second-order valence-corrected chi connectivity index (χ2v) is 7.81. The molecule has 2 heterocycles. The van der Waals surface area contributed by atoms with E-state index in [4.69, 9.17) is 14.2 Å². The number of hydrogen-bond acceptors (Lipinski definition) is 5. The summed E-state index contributed by atoms with van der Waals surface area (Å²) >= 11 is 0. The summed E-state index contributed by atoms with van der Waals surface area (Å²) in [5.74, 6) is 2.12. The van der Waals surface area contributed by atoms with Gasteiger partial charge in [0.1, 0.15) is 6.10 Å². The number of rotatable bonds is 11. The van der Waals surface area contributed by atoms with Crippen molar-refractivity contribution in [1.82, 2.24) is 15.6 Å². The van der Waals surface area contributed by atoms with Crippen LogP contribution >= 0.6 is 0 Å². The van der Waals surface area contributed by atoms with Crippen LogP contribution in [0.25, 0.3) is 0 Å². The lowest BCUT2D eigenvalue weighted by Crippen LogP contribution is -2.38. The van der Waals surface area contributed by atoms with E-state index < -0.39 is 0 Å². The predicted molar refractivity (Wildman–Crippen MR) is 114 cm³/mol. The zero-order chi connectivity index (χ0) is 20.2. The number of aromatic nitrogens is 1. The highest BCUT2D eigenvalue weighted by Crippen LogP contribution is 2.22. The first-order valence-electron chi connectivity index (χ1n) is 11.1. The number of nitrogens with zero attached hydrogens (tertiary/aromatic N) is 2. The molecule has 1 saturated carbocycles. The summed E-state index contributed by atoms with van der Waals surface area (Å²) in [6, 6.07) is 4.00. The molecule has 1 unspecified atom stereocenters. The molecule has 1 aliphatic carbocycles. The van der Waals surface area contributed by atoms with Crippen molar-refractivity contribution in [2.75, 3.05) is 39.5 Å². The molecular formula is C22H36N4O3. The molecule has 0 bridgehead atoms. The van der Waals surface area contributed by atoms with E-state index in [0.29, 0.717) is 18.6 Å². The minimum absolute atomic E-state index is 0.339. The van der Waals surface area contributed by atoms with Gasteiger partial charge >= 0.3 is 0 Å². The number of nitrogens with one attached hydrogen (secondary N) is 2. The average Bonchev–Trinajstić information content (AvgIpc) is 3.44. The van der Waals surface area contributed by atoms with Gasteiger partial charge in [0.15, 0.2) is 5.96 Å². The molecule has 3 rings (SSSR count). The first-order valence-corrected chi connectivity index (χ1v) is 11.1. The summed E-state index contributed by atoms with van der Waals surface area (Å²) in [5, 5.41) is 6.65. The van der Waals surface area contributed by atoms with Gasteiger partial charge < -0.3 is 24.8 Å². The maximum atomic E-state index is 5.92. The number of ether oxygens (including phenoxy) is 3. The van der Waals surface area contributed by atoms with Crippen molar-refractivity contribution < 1.29 is 14.2 Å². The van der Waals surface area contributed by atoms with Gasteiger partial charge in [-0.05, 0) is 51.0 Å². The minimum Gasteiger partial charge on any atom is -0.474 e. The molecule has 7 heteroatoms. The molecule has 1 aromatic rings. The maximum Gasteiger partial charge on any atom is 0.213 e. The van der Waals surface area contributed by atoms with Gasteiger partial charge in [0.05, 0.1) is 19.8 Å². The second kappa shape index (κ2) is 12.6. The van der Waals surface area contributed by atoms with E-state index in [2.05, 4.69) is 27.5 Å². The third-order valence-corrected chi connectivity index (χ3v) is 5.29. The Balaban J connectivity index is 1.34. The Morgan fingerprint density at radius 3 is 2.86 bits per heavy atom. The molecule has 2 aliphatic rings. The van der Waals surface area contributed by atoms with Crippen molar-refractivity contribution in [2.45, 2.75) is 58.1 Å². The fourth-order valence-corrected chi connectivity index (χ4v) is 3.61. The van der Waals surface area contributed by atoms with Crippen LogP contribution in [0.5, 0.6) is 5.88 Å². The van der Waals surface area contributed by atoms with Crippen molar-refractivity contribution in [3.8, 4) is 5.88 Å². The van der Waals surface area contributed by atoms with Crippen molar-refractivity contribution >= 4 is 5.96 Å². The fourth-order valence-electron chi connectivity index (χ4n) is 3.61. The molecular weight excluding hydrogens is 368 g/mol. The third kappa shape index (κ3) is 8.19. The van der Waals surface area contributed by atoms with Crippen LogP contribution in [0.2, 0.25) is 0 Å². The highest BCUT2D eigenvalue weighted by atomic mass is 16.5. The van der Waals surface area contributed by atoms with Crippen LogP contribution in [0.1, 0.15) is 51.0 Å². The van der Waals surface area contributed by atoms with Crippen LogP contribution in [0.3, 0.4) is 0 Å². The Morgan fingerprint density at radius 1 is 1.24 bits per heavy atom. The quantitative estimate of drug-likeness (QED) is 0.335. The Labute approximate surface area is 174 Å². The summed E-state index contributed by atoms with van der Waals surface area (Å²) in [5.41, 5.74) is 1.07. The van der Waals surface area contributed by atoms with Crippen molar-refractivity contribution in [1.29, 1.82) is 0 Å². The van der Waals surface area contributed by atoms with Crippen LogP contribution < -0.4 is 15.4 Å². The van der Waals surface area contributed by atoms with Gasteiger partial charge in [-0.2, -0.15) is 0 Å². The van der Waals surface area contributed by atoms with Crippen LogP contribution in [0.15, 0.2) is 23.3 Å². The van der Waals surface area contributed by atoms with Gasteiger partial charge in [0, 0.05) is 44.5 Å². The standard InChI is InChI=1S/C22H36N4O3/c1-2-23-22(24-11-5-12-27-16-19-10-13-28-17-19)26-15-18-8-9-21(25-14-18)29-20-6-3-4-7-20/h8-9,14,19-20H,2-7,10-13,15-17H2,1H3,(H2,23,24,26). The molecule has 1 saturated heterocycles. The minimum atomic E-state index is 0.339. The molecule has 0 spiro atoms. The Morgan fingerprint density at radius 2 is 2.14 bits per heavy atom. The topological polar surface area (TPSA) is 77.0 Å². The Kier molecular flexibility index (Phi) is 9.53. The molecule has 2 fully saturated rings. The van der Waals surface area contributed by atoms with E-state index in [1.807, 2.05) is 18.3 Å². The molecule has 29 heavy (non-hydrogen) atoms. The van der Waals surface area contributed by atoms with E-state index in [-0.39, 0.29) is 0 Å². The van der Waals surface area contributed by atoms with Crippen LogP contribution in [-0.2, 0) is 16.0 Å².